The molecule has 3 heterocycles. The Bertz CT molecular complexity index is 1030. The van der Waals surface area contributed by atoms with Gasteiger partial charge in [-0.3, -0.25) is 9.59 Å². The van der Waals surface area contributed by atoms with Crippen LogP contribution in [-0.4, -0.2) is 58.7 Å². The van der Waals surface area contributed by atoms with Gasteiger partial charge < -0.3 is 14.7 Å². The zero-order valence-corrected chi connectivity index (χ0v) is 17.4. The number of aromatic nitrogens is 1. The average molecular weight is 426 g/mol. The summed E-state index contributed by atoms with van der Waals surface area (Å²) in [5.41, 5.74) is 3.13. The van der Waals surface area contributed by atoms with Crippen molar-refractivity contribution in [3.8, 4) is 0 Å². The minimum atomic E-state index is -2.68. The summed E-state index contributed by atoms with van der Waals surface area (Å²) < 4.78 is 26.8. The van der Waals surface area contributed by atoms with Gasteiger partial charge in [0.15, 0.2) is 0 Å². The minimum absolute atomic E-state index is 0.0380. The van der Waals surface area contributed by atoms with Crippen molar-refractivity contribution in [1.82, 2.24) is 14.8 Å². The Balaban J connectivity index is 1.36. The zero-order chi connectivity index (χ0) is 21.8. The van der Waals surface area contributed by atoms with Crippen LogP contribution in [0.3, 0.4) is 0 Å². The van der Waals surface area contributed by atoms with Gasteiger partial charge in [0.1, 0.15) is 5.82 Å². The summed E-state index contributed by atoms with van der Waals surface area (Å²) in [7, 11) is 1.79. The van der Waals surface area contributed by atoms with Gasteiger partial charge in [-0.25, -0.2) is 13.8 Å². The maximum absolute atomic E-state index is 13.4. The van der Waals surface area contributed by atoms with Crippen molar-refractivity contribution < 1.29 is 18.4 Å². The van der Waals surface area contributed by atoms with Crippen molar-refractivity contribution in [3.63, 3.8) is 0 Å². The molecule has 162 valence electrons. The van der Waals surface area contributed by atoms with Gasteiger partial charge in [0.25, 0.3) is 17.7 Å². The lowest BCUT2D eigenvalue weighted by atomic mass is 10.1. The summed E-state index contributed by atoms with van der Waals surface area (Å²) in [6, 6.07) is 9.74. The number of carbonyl (C=O) groups is 2. The van der Waals surface area contributed by atoms with Crippen molar-refractivity contribution in [3.05, 3.63) is 53.2 Å². The highest BCUT2D eigenvalue weighted by molar-refractivity contribution is 5.98. The monoisotopic (exact) mass is 426 g/mol. The molecule has 1 aliphatic carbocycles. The van der Waals surface area contributed by atoms with E-state index in [2.05, 4.69) is 9.88 Å². The first-order valence-corrected chi connectivity index (χ1v) is 10.6. The molecule has 1 aromatic heterocycles. The van der Waals surface area contributed by atoms with Crippen LogP contribution in [0.15, 0.2) is 36.5 Å². The fourth-order valence-corrected chi connectivity index (χ4v) is 4.34. The zero-order valence-electron chi connectivity index (χ0n) is 17.4. The molecule has 2 amide bonds. The minimum Gasteiger partial charge on any atom is -0.338 e. The standard InChI is InChI=1S/C23H24F2N4O2/c1-27-14-16-12-18(5-6-19(16)22(27)31)29(17-3-4-17)20-7-2-15(13-26-20)21(30)28-10-8-23(24,25)9-11-28/h2,5-7,12-13,17H,3-4,8-11,14H2,1H3. The second-order valence-electron chi connectivity index (χ2n) is 8.66. The van der Waals surface area contributed by atoms with E-state index in [1.165, 1.54) is 11.1 Å². The number of amides is 2. The normalized spacial score (nSPS) is 20.0. The van der Waals surface area contributed by atoms with Crippen LogP contribution in [0.1, 0.15) is 52.0 Å². The van der Waals surface area contributed by atoms with Crippen molar-refractivity contribution in [2.24, 2.45) is 0 Å². The second kappa shape index (κ2) is 7.28. The molecule has 1 aromatic carbocycles. The summed E-state index contributed by atoms with van der Waals surface area (Å²) in [4.78, 5) is 34.7. The number of piperidine rings is 1. The molecule has 2 aliphatic heterocycles. The van der Waals surface area contributed by atoms with Crippen LogP contribution < -0.4 is 4.90 Å². The first-order valence-electron chi connectivity index (χ1n) is 10.6. The number of hydrogen-bond donors (Lipinski definition) is 0. The van der Waals surface area contributed by atoms with E-state index in [9.17, 15) is 18.4 Å². The van der Waals surface area contributed by atoms with E-state index in [1.54, 1.807) is 18.0 Å². The number of rotatable bonds is 4. The number of likely N-dealkylation sites (tertiary alicyclic amines) is 1. The molecule has 0 unspecified atom stereocenters. The number of anilines is 2. The molecule has 1 saturated carbocycles. The topological polar surface area (TPSA) is 56.8 Å². The Morgan fingerprint density at radius 1 is 1.16 bits per heavy atom. The third kappa shape index (κ3) is 3.75. The van der Waals surface area contributed by atoms with Gasteiger partial charge in [0, 0.05) is 63.0 Å². The number of pyridine rings is 1. The lowest BCUT2D eigenvalue weighted by molar-refractivity contribution is -0.0494. The SMILES string of the molecule is CN1Cc2cc(N(c3ccc(C(=O)N4CCC(F)(F)CC4)cn3)C3CC3)ccc2C1=O. The van der Waals surface area contributed by atoms with Gasteiger partial charge in [0.05, 0.1) is 5.56 Å². The molecule has 2 fully saturated rings. The smallest absolute Gasteiger partial charge is 0.255 e. The van der Waals surface area contributed by atoms with Crippen molar-refractivity contribution in [2.45, 2.75) is 44.2 Å². The predicted molar refractivity (Wildman–Crippen MR) is 112 cm³/mol. The molecule has 0 bridgehead atoms. The Hall–Kier alpha value is -3.03. The highest BCUT2D eigenvalue weighted by atomic mass is 19.3. The molecule has 0 atom stereocenters. The van der Waals surface area contributed by atoms with E-state index in [4.69, 9.17) is 0 Å². The molecule has 8 heteroatoms. The summed E-state index contributed by atoms with van der Waals surface area (Å²) in [6.45, 7) is 0.713. The van der Waals surface area contributed by atoms with Crippen molar-refractivity contribution in [2.75, 3.05) is 25.0 Å². The van der Waals surface area contributed by atoms with E-state index in [1.807, 2.05) is 24.3 Å². The molecular weight excluding hydrogens is 402 g/mol. The first kappa shape index (κ1) is 19.9. The molecule has 0 radical (unpaired) electrons. The molecule has 31 heavy (non-hydrogen) atoms. The Morgan fingerprint density at radius 2 is 1.90 bits per heavy atom. The third-order valence-electron chi connectivity index (χ3n) is 6.29. The quantitative estimate of drug-likeness (QED) is 0.746. The van der Waals surface area contributed by atoms with E-state index in [0.717, 1.165) is 35.5 Å². The summed E-state index contributed by atoms with van der Waals surface area (Å²) in [5, 5.41) is 0. The number of carbonyl (C=O) groups excluding carboxylic acids is 2. The van der Waals surface area contributed by atoms with Crippen LogP contribution in [0.4, 0.5) is 20.3 Å². The lowest BCUT2D eigenvalue weighted by Gasteiger charge is -2.31. The van der Waals surface area contributed by atoms with Crippen LogP contribution in [0.25, 0.3) is 0 Å². The molecule has 6 nitrogen and oxygen atoms in total. The van der Waals surface area contributed by atoms with Gasteiger partial charge in [-0.1, -0.05) is 0 Å². The van der Waals surface area contributed by atoms with Gasteiger partial charge in [-0.2, -0.15) is 0 Å². The van der Waals surface area contributed by atoms with Gasteiger partial charge in [0.2, 0.25) is 0 Å². The highest BCUT2D eigenvalue weighted by Gasteiger charge is 2.36. The van der Waals surface area contributed by atoms with Crippen LogP contribution in [-0.2, 0) is 6.54 Å². The number of nitrogens with zero attached hydrogens (tertiary/aromatic N) is 4. The van der Waals surface area contributed by atoms with Crippen molar-refractivity contribution >= 4 is 23.3 Å². The Kier molecular flexibility index (Phi) is 4.68. The molecular formula is C23H24F2N4O2. The van der Waals surface area contributed by atoms with Crippen LogP contribution in [0, 0.1) is 0 Å². The molecule has 1 saturated heterocycles. The molecule has 2 aromatic rings. The third-order valence-corrected chi connectivity index (χ3v) is 6.29. The number of fused-ring (bicyclic) bond motifs is 1. The van der Waals surface area contributed by atoms with Gasteiger partial charge in [-0.15, -0.1) is 0 Å². The molecule has 0 spiro atoms. The van der Waals surface area contributed by atoms with Crippen molar-refractivity contribution in [1.29, 1.82) is 0 Å². The van der Waals surface area contributed by atoms with Crippen LogP contribution >= 0.6 is 0 Å². The molecule has 5 rings (SSSR count). The van der Waals surface area contributed by atoms with E-state index in [0.29, 0.717) is 18.2 Å². The number of benzene rings is 1. The fraction of sp³-hybridized carbons (Fsp3) is 0.435. The van der Waals surface area contributed by atoms with Crippen LogP contribution in [0.5, 0.6) is 0 Å². The second-order valence-corrected chi connectivity index (χ2v) is 8.66. The molecule has 0 N–H and O–H groups in total. The first-order chi connectivity index (χ1) is 14.8. The summed E-state index contributed by atoms with van der Waals surface area (Å²) >= 11 is 0. The van der Waals surface area contributed by atoms with Gasteiger partial charge in [-0.05, 0) is 48.7 Å². The highest BCUT2D eigenvalue weighted by Crippen LogP contribution is 2.39. The average Bonchev–Trinajstić information content (AvgIpc) is 3.54. The number of halogens is 2. The van der Waals surface area contributed by atoms with Gasteiger partial charge >= 0.3 is 0 Å². The maximum atomic E-state index is 13.4. The van der Waals surface area contributed by atoms with E-state index < -0.39 is 5.92 Å². The lowest BCUT2D eigenvalue weighted by Crippen LogP contribution is -2.42. The largest absolute Gasteiger partial charge is 0.338 e. The van der Waals surface area contributed by atoms with E-state index >= 15 is 0 Å². The molecule has 3 aliphatic rings. The Morgan fingerprint density at radius 3 is 2.55 bits per heavy atom. The summed E-state index contributed by atoms with van der Waals surface area (Å²) in [6.07, 6.45) is 3.05. The predicted octanol–water partition coefficient (Wildman–Crippen LogP) is 3.84. The number of hydrogen-bond acceptors (Lipinski definition) is 4. The fourth-order valence-electron chi connectivity index (χ4n) is 4.34. The maximum Gasteiger partial charge on any atom is 0.255 e. The van der Waals surface area contributed by atoms with E-state index in [-0.39, 0.29) is 37.7 Å². The van der Waals surface area contributed by atoms with Crippen LogP contribution in [0.2, 0.25) is 0 Å². The summed E-state index contributed by atoms with van der Waals surface area (Å²) in [5.74, 6) is -2.16. The Labute approximate surface area is 179 Å². The number of alkyl halides is 2.